The van der Waals surface area contributed by atoms with Gasteiger partial charge in [0.05, 0.1) is 12.1 Å². The molecule has 4 rings (SSSR count). The van der Waals surface area contributed by atoms with Crippen LogP contribution in [0.2, 0.25) is 0 Å². The minimum atomic E-state index is -0.620. The van der Waals surface area contributed by atoms with Crippen LogP contribution in [-0.2, 0) is 6.54 Å². The van der Waals surface area contributed by atoms with Gasteiger partial charge in [-0.05, 0) is 11.6 Å². The Morgan fingerprint density at radius 2 is 1.68 bits per heavy atom. The molecule has 0 saturated carbocycles. The lowest BCUT2D eigenvalue weighted by molar-refractivity contribution is 0.426. The minimum Gasteiger partial charge on any atom is -0.371 e. The quantitative estimate of drug-likeness (QED) is 0.571. The molecule has 2 aromatic heterocycles. The summed E-state index contributed by atoms with van der Waals surface area (Å²) in [7, 11) is 0. The van der Waals surface area contributed by atoms with Crippen molar-refractivity contribution in [2.45, 2.75) is 6.54 Å². The Kier molecular flexibility index (Phi) is 2.94. The number of hydrogen-bond acceptors (Lipinski definition) is 4. The standard InChI is InChI=1S/C17H11NO3S/c19-16-15-14(12-8-4-5-9-13(12)22-15)18(17(20)21-16)10-11-6-2-1-3-7-11/h1-9H,10H2. The third-order valence-electron chi connectivity index (χ3n) is 3.61. The normalized spacial score (nSPS) is 11.3. The molecule has 2 aromatic carbocycles. The van der Waals surface area contributed by atoms with Crippen molar-refractivity contribution in [3.05, 3.63) is 81.1 Å². The third kappa shape index (κ3) is 1.98. The number of hydrogen-bond donors (Lipinski definition) is 0. The first-order chi connectivity index (χ1) is 10.7. The third-order valence-corrected chi connectivity index (χ3v) is 4.75. The molecule has 0 fully saturated rings. The zero-order valence-electron chi connectivity index (χ0n) is 11.5. The topological polar surface area (TPSA) is 52.2 Å². The maximum Gasteiger partial charge on any atom is 0.422 e. The summed E-state index contributed by atoms with van der Waals surface area (Å²) in [5.74, 6) is -0.620. The number of thiophene rings is 1. The first kappa shape index (κ1) is 13.0. The molecular formula is C17H11NO3S. The van der Waals surface area contributed by atoms with Gasteiger partial charge < -0.3 is 4.42 Å². The van der Waals surface area contributed by atoms with E-state index in [0.29, 0.717) is 16.8 Å². The van der Waals surface area contributed by atoms with Gasteiger partial charge in [0.15, 0.2) is 0 Å². The van der Waals surface area contributed by atoms with Crippen LogP contribution in [0.1, 0.15) is 5.56 Å². The summed E-state index contributed by atoms with van der Waals surface area (Å²) in [6.45, 7) is 0.376. The van der Waals surface area contributed by atoms with E-state index in [0.717, 1.165) is 15.6 Å². The average molecular weight is 309 g/mol. The molecule has 0 bridgehead atoms. The second-order valence-electron chi connectivity index (χ2n) is 5.00. The zero-order chi connectivity index (χ0) is 15.1. The maximum absolute atomic E-state index is 12.2. The molecule has 108 valence electrons. The molecule has 0 unspecified atom stereocenters. The summed E-state index contributed by atoms with van der Waals surface area (Å²) in [5, 5.41) is 0.906. The van der Waals surface area contributed by atoms with Crippen LogP contribution in [0.15, 0.2) is 68.6 Å². The molecule has 4 aromatic rings. The predicted molar refractivity (Wildman–Crippen MR) is 87.7 cm³/mol. The molecule has 0 atom stereocenters. The molecule has 0 amide bonds. The summed E-state index contributed by atoms with van der Waals surface area (Å²) in [5.41, 5.74) is 1.08. The summed E-state index contributed by atoms with van der Waals surface area (Å²) in [4.78, 5) is 24.2. The van der Waals surface area contributed by atoms with Crippen LogP contribution < -0.4 is 11.4 Å². The van der Waals surface area contributed by atoms with E-state index in [1.54, 1.807) is 0 Å². The zero-order valence-corrected chi connectivity index (χ0v) is 12.3. The van der Waals surface area contributed by atoms with Gasteiger partial charge in [0, 0.05) is 10.1 Å². The van der Waals surface area contributed by atoms with Crippen LogP contribution in [-0.4, -0.2) is 4.57 Å². The molecule has 0 aliphatic heterocycles. The lowest BCUT2D eigenvalue weighted by atomic mass is 10.2. The molecule has 0 N–H and O–H groups in total. The van der Waals surface area contributed by atoms with Crippen molar-refractivity contribution in [2.75, 3.05) is 0 Å². The monoisotopic (exact) mass is 309 g/mol. The number of aromatic nitrogens is 1. The largest absolute Gasteiger partial charge is 0.422 e. The van der Waals surface area contributed by atoms with Gasteiger partial charge in [-0.25, -0.2) is 9.59 Å². The van der Waals surface area contributed by atoms with Gasteiger partial charge in [-0.2, -0.15) is 0 Å². The Balaban J connectivity index is 2.09. The molecule has 0 radical (unpaired) electrons. The van der Waals surface area contributed by atoms with Crippen molar-refractivity contribution in [3.63, 3.8) is 0 Å². The number of fused-ring (bicyclic) bond motifs is 3. The summed E-state index contributed by atoms with van der Waals surface area (Å²) in [6.07, 6.45) is 0. The Hall–Kier alpha value is -2.66. The van der Waals surface area contributed by atoms with Gasteiger partial charge in [-0.3, -0.25) is 4.57 Å². The molecule has 0 aliphatic rings. The van der Waals surface area contributed by atoms with E-state index < -0.39 is 11.4 Å². The van der Waals surface area contributed by atoms with Crippen LogP contribution in [0.4, 0.5) is 0 Å². The highest BCUT2D eigenvalue weighted by molar-refractivity contribution is 7.25. The first-order valence-corrected chi connectivity index (χ1v) is 7.65. The van der Waals surface area contributed by atoms with E-state index in [9.17, 15) is 9.59 Å². The van der Waals surface area contributed by atoms with E-state index in [-0.39, 0.29) is 0 Å². The van der Waals surface area contributed by atoms with Gasteiger partial charge >= 0.3 is 11.4 Å². The van der Waals surface area contributed by atoms with Gasteiger partial charge in [-0.15, -0.1) is 11.3 Å². The Labute approximate surface area is 128 Å². The van der Waals surface area contributed by atoms with Crippen molar-refractivity contribution < 1.29 is 4.42 Å². The molecule has 22 heavy (non-hydrogen) atoms. The predicted octanol–water partition coefficient (Wildman–Crippen LogP) is 3.22. The molecule has 0 spiro atoms. The van der Waals surface area contributed by atoms with Gasteiger partial charge in [0.25, 0.3) is 0 Å². The van der Waals surface area contributed by atoms with Gasteiger partial charge in [0.1, 0.15) is 4.70 Å². The van der Waals surface area contributed by atoms with E-state index >= 15 is 0 Å². The molecule has 0 saturated heterocycles. The van der Waals surface area contributed by atoms with Crippen LogP contribution >= 0.6 is 11.3 Å². The molecule has 4 nitrogen and oxygen atoms in total. The Morgan fingerprint density at radius 3 is 2.50 bits per heavy atom. The lowest BCUT2D eigenvalue weighted by Crippen LogP contribution is -2.24. The number of rotatable bonds is 2. The summed E-state index contributed by atoms with van der Waals surface area (Å²) >= 11 is 1.36. The Bertz CT molecular complexity index is 1090. The first-order valence-electron chi connectivity index (χ1n) is 6.83. The van der Waals surface area contributed by atoms with Crippen molar-refractivity contribution in [3.8, 4) is 0 Å². The lowest BCUT2D eigenvalue weighted by Gasteiger charge is -2.06. The van der Waals surface area contributed by atoms with E-state index in [2.05, 4.69) is 0 Å². The summed E-state index contributed by atoms with van der Waals surface area (Å²) in [6, 6.07) is 17.3. The molecular weight excluding hydrogens is 298 g/mol. The van der Waals surface area contributed by atoms with Crippen LogP contribution in [0, 0.1) is 0 Å². The van der Waals surface area contributed by atoms with Crippen LogP contribution in [0.3, 0.4) is 0 Å². The summed E-state index contributed by atoms with van der Waals surface area (Å²) < 4.78 is 7.87. The van der Waals surface area contributed by atoms with E-state index in [1.807, 2.05) is 54.6 Å². The maximum atomic E-state index is 12.2. The highest BCUT2D eigenvalue weighted by atomic mass is 32.1. The average Bonchev–Trinajstić information content (AvgIpc) is 2.92. The highest BCUT2D eigenvalue weighted by Gasteiger charge is 2.15. The second-order valence-corrected chi connectivity index (χ2v) is 6.06. The molecule has 0 aliphatic carbocycles. The van der Waals surface area contributed by atoms with E-state index in [4.69, 9.17) is 4.42 Å². The van der Waals surface area contributed by atoms with E-state index in [1.165, 1.54) is 15.9 Å². The fourth-order valence-electron chi connectivity index (χ4n) is 2.62. The van der Waals surface area contributed by atoms with Gasteiger partial charge in [-0.1, -0.05) is 48.5 Å². The van der Waals surface area contributed by atoms with Crippen molar-refractivity contribution in [1.82, 2.24) is 4.57 Å². The SMILES string of the molecule is O=c1oc(=O)n(Cc2ccccc2)c2c1sc1ccccc12. The smallest absolute Gasteiger partial charge is 0.371 e. The second kappa shape index (κ2) is 4.96. The van der Waals surface area contributed by atoms with Crippen molar-refractivity contribution in [1.29, 1.82) is 0 Å². The number of benzene rings is 2. The minimum absolute atomic E-state index is 0.376. The fraction of sp³-hybridized carbons (Fsp3) is 0.0588. The van der Waals surface area contributed by atoms with Crippen molar-refractivity contribution >= 4 is 31.6 Å². The van der Waals surface area contributed by atoms with Gasteiger partial charge in [0.2, 0.25) is 0 Å². The highest BCUT2D eigenvalue weighted by Crippen LogP contribution is 2.30. The van der Waals surface area contributed by atoms with Crippen molar-refractivity contribution in [2.24, 2.45) is 0 Å². The van der Waals surface area contributed by atoms with Crippen LogP contribution in [0.5, 0.6) is 0 Å². The molecule has 2 heterocycles. The number of nitrogens with zero attached hydrogens (tertiary/aromatic N) is 1. The Morgan fingerprint density at radius 1 is 0.955 bits per heavy atom. The fourth-order valence-corrected chi connectivity index (χ4v) is 3.70. The van der Waals surface area contributed by atoms with Crippen LogP contribution in [0.25, 0.3) is 20.3 Å². The molecule has 5 heteroatoms.